The first kappa shape index (κ1) is 13.9. The third-order valence-corrected chi connectivity index (χ3v) is 3.16. The molecule has 2 atom stereocenters. The van der Waals surface area contributed by atoms with E-state index in [1.807, 2.05) is 0 Å². The first-order chi connectivity index (χ1) is 8.04. The number of carbonyl (C=O) groups excluding carboxylic acids is 3. The largest absolute Gasteiger partial charge is 0.466 e. The molecule has 1 saturated carbocycles. The lowest BCUT2D eigenvalue weighted by Gasteiger charge is -2.26. The van der Waals surface area contributed by atoms with Crippen LogP contribution in [-0.4, -0.2) is 24.1 Å². The van der Waals surface area contributed by atoms with Crippen molar-refractivity contribution in [3.63, 3.8) is 0 Å². The van der Waals surface area contributed by atoms with Gasteiger partial charge in [0.2, 0.25) is 0 Å². The molecule has 0 N–H and O–H groups in total. The molecule has 0 aliphatic heterocycles. The van der Waals surface area contributed by atoms with Crippen LogP contribution in [0.4, 0.5) is 0 Å². The Morgan fingerprint density at radius 3 is 2.35 bits per heavy atom. The molecule has 4 nitrogen and oxygen atoms in total. The lowest BCUT2D eigenvalue weighted by Crippen LogP contribution is -2.31. The van der Waals surface area contributed by atoms with Crippen LogP contribution in [0.5, 0.6) is 0 Å². The van der Waals surface area contributed by atoms with E-state index in [4.69, 9.17) is 4.74 Å². The van der Waals surface area contributed by atoms with Gasteiger partial charge in [0.1, 0.15) is 11.6 Å². The number of esters is 1. The van der Waals surface area contributed by atoms with Crippen LogP contribution < -0.4 is 0 Å². The molecule has 1 rings (SSSR count). The third-order valence-electron chi connectivity index (χ3n) is 3.16. The molecule has 96 valence electrons. The molecule has 1 aliphatic carbocycles. The summed E-state index contributed by atoms with van der Waals surface area (Å²) in [4.78, 5) is 34.4. The van der Waals surface area contributed by atoms with Crippen molar-refractivity contribution in [1.29, 1.82) is 0 Å². The van der Waals surface area contributed by atoms with Crippen LogP contribution >= 0.6 is 0 Å². The van der Waals surface area contributed by atoms with Crippen molar-refractivity contribution in [3.8, 4) is 0 Å². The molecule has 0 radical (unpaired) electrons. The average Bonchev–Trinajstić information content (AvgIpc) is 2.23. The Morgan fingerprint density at radius 1 is 1.24 bits per heavy atom. The van der Waals surface area contributed by atoms with Crippen molar-refractivity contribution in [2.75, 3.05) is 6.61 Å². The van der Waals surface area contributed by atoms with E-state index in [2.05, 4.69) is 0 Å². The van der Waals surface area contributed by atoms with Gasteiger partial charge in [-0.25, -0.2) is 0 Å². The van der Waals surface area contributed by atoms with Crippen LogP contribution in [0.25, 0.3) is 0 Å². The molecule has 0 spiro atoms. The van der Waals surface area contributed by atoms with Crippen molar-refractivity contribution in [2.45, 2.75) is 46.0 Å². The molecular weight excluding hydrogens is 220 g/mol. The summed E-state index contributed by atoms with van der Waals surface area (Å²) in [6.07, 6.45) is 2.91. The zero-order valence-corrected chi connectivity index (χ0v) is 10.5. The van der Waals surface area contributed by atoms with E-state index in [1.165, 1.54) is 6.92 Å². The topological polar surface area (TPSA) is 60.4 Å². The van der Waals surface area contributed by atoms with E-state index in [-0.39, 0.29) is 35.8 Å². The highest BCUT2D eigenvalue weighted by molar-refractivity contribution is 5.91. The highest BCUT2D eigenvalue weighted by Gasteiger charge is 2.33. The predicted molar refractivity (Wildman–Crippen MR) is 62.4 cm³/mol. The highest BCUT2D eigenvalue weighted by Crippen LogP contribution is 2.30. The zero-order chi connectivity index (χ0) is 12.8. The molecule has 0 saturated heterocycles. The smallest absolute Gasteiger partial charge is 0.306 e. The third kappa shape index (κ3) is 4.29. The van der Waals surface area contributed by atoms with Gasteiger partial charge in [0.15, 0.2) is 0 Å². The van der Waals surface area contributed by atoms with Crippen LogP contribution in [0.3, 0.4) is 0 Å². The lowest BCUT2D eigenvalue weighted by molar-refractivity contribution is -0.147. The molecular formula is C13H20O4. The van der Waals surface area contributed by atoms with Crippen LogP contribution in [0.1, 0.15) is 46.0 Å². The number of hydrogen-bond donors (Lipinski definition) is 0. The Bertz CT molecular complexity index is 309. The van der Waals surface area contributed by atoms with Crippen molar-refractivity contribution < 1.29 is 19.1 Å². The molecule has 0 aromatic carbocycles. The van der Waals surface area contributed by atoms with E-state index in [0.29, 0.717) is 13.0 Å². The van der Waals surface area contributed by atoms with E-state index >= 15 is 0 Å². The van der Waals surface area contributed by atoms with E-state index in [9.17, 15) is 14.4 Å². The number of carbonyl (C=O) groups is 3. The SMILES string of the molecule is CCOC(=O)C[C@@H]1CCC[C@H](CC(C)=O)C1=O. The molecule has 0 aromatic heterocycles. The Balaban J connectivity index is 2.53. The Hall–Kier alpha value is -1.19. The highest BCUT2D eigenvalue weighted by atomic mass is 16.5. The lowest BCUT2D eigenvalue weighted by atomic mass is 9.77. The van der Waals surface area contributed by atoms with Gasteiger partial charge in [-0.3, -0.25) is 9.59 Å². The maximum absolute atomic E-state index is 12.0. The fraction of sp³-hybridized carbons (Fsp3) is 0.769. The number of hydrogen-bond acceptors (Lipinski definition) is 4. The van der Waals surface area contributed by atoms with Crippen molar-refractivity contribution in [3.05, 3.63) is 0 Å². The van der Waals surface area contributed by atoms with Crippen LogP contribution in [0.15, 0.2) is 0 Å². The first-order valence-corrected chi connectivity index (χ1v) is 6.23. The summed E-state index contributed by atoms with van der Waals surface area (Å²) in [7, 11) is 0. The number of ketones is 2. The number of Topliss-reactive ketones (excluding diaryl/α,β-unsaturated/α-hetero) is 2. The van der Waals surface area contributed by atoms with Gasteiger partial charge >= 0.3 is 5.97 Å². The van der Waals surface area contributed by atoms with E-state index < -0.39 is 0 Å². The van der Waals surface area contributed by atoms with Gasteiger partial charge in [0, 0.05) is 18.3 Å². The summed E-state index contributed by atoms with van der Waals surface area (Å²) < 4.78 is 4.85. The molecule has 0 aromatic rings. The maximum Gasteiger partial charge on any atom is 0.306 e. The van der Waals surface area contributed by atoms with Crippen LogP contribution in [-0.2, 0) is 19.1 Å². The van der Waals surface area contributed by atoms with Crippen LogP contribution in [0, 0.1) is 11.8 Å². The minimum atomic E-state index is -0.311. The normalized spacial score (nSPS) is 24.5. The molecule has 0 unspecified atom stereocenters. The van der Waals surface area contributed by atoms with Crippen molar-refractivity contribution in [1.82, 2.24) is 0 Å². The van der Waals surface area contributed by atoms with Gasteiger partial charge in [-0.1, -0.05) is 6.42 Å². The minimum Gasteiger partial charge on any atom is -0.466 e. The zero-order valence-electron chi connectivity index (χ0n) is 10.5. The van der Waals surface area contributed by atoms with Gasteiger partial charge in [0.05, 0.1) is 13.0 Å². The monoisotopic (exact) mass is 240 g/mol. The Labute approximate surface area is 102 Å². The van der Waals surface area contributed by atoms with E-state index in [1.54, 1.807) is 6.92 Å². The molecule has 17 heavy (non-hydrogen) atoms. The van der Waals surface area contributed by atoms with E-state index in [0.717, 1.165) is 19.3 Å². The van der Waals surface area contributed by atoms with Gasteiger partial charge in [0.25, 0.3) is 0 Å². The summed E-state index contributed by atoms with van der Waals surface area (Å²) in [5.74, 6) is -0.623. The minimum absolute atomic E-state index is 0.0418. The molecule has 1 aliphatic rings. The standard InChI is InChI=1S/C13H20O4/c1-3-17-12(15)8-11-6-4-5-10(13(11)16)7-9(2)14/h10-11H,3-8H2,1-2H3/t10-,11+/m1/s1. The molecule has 0 amide bonds. The molecule has 4 heteroatoms. The van der Waals surface area contributed by atoms with Gasteiger partial charge in [-0.05, 0) is 26.7 Å². The number of ether oxygens (including phenoxy) is 1. The summed E-state index contributed by atoms with van der Waals surface area (Å²) in [5, 5.41) is 0. The summed E-state index contributed by atoms with van der Waals surface area (Å²) >= 11 is 0. The summed E-state index contributed by atoms with van der Waals surface area (Å²) in [6.45, 7) is 3.60. The molecule has 0 heterocycles. The van der Waals surface area contributed by atoms with Gasteiger partial charge in [-0.2, -0.15) is 0 Å². The Morgan fingerprint density at radius 2 is 1.82 bits per heavy atom. The van der Waals surface area contributed by atoms with Crippen LogP contribution in [0.2, 0.25) is 0 Å². The quantitative estimate of drug-likeness (QED) is 0.689. The average molecular weight is 240 g/mol. The first-order valence-electron chi connectivity index (χ1n) is 6.23. The fourth-order valence-corrected chi connectivity index (χ4v) is 2.40. The predicted octanol–water partition coefficient (Wildman–Crippen LogP) is 1.90. The second kappa shape index (κ2) is 6.52. The van der Waals surface area contributed by atoms with Gasteiger partial charge < -0.3 is 9.53 Å². The summed E-state index contributed by atoms with van der Waals surface area (Å²) in [6, 6.07) is 0. The van der Waals surface area contributed by atoms with Gasteiger partial charge in [-0.15, -0.1) is 0 Å². The fourth-order valence-electron chi connectivity index (χ4n) is 2.40. The second-order valence-electron chi connectivity index (χ2n) is 4.64. The second-order valence-corrected chi connectivity index (χ2v) is 4.64. The summed E-state index contributed by atoms with van der Waals surface area (Å²) in [5.41, 5.74) is 0. The van der Waals surface area contributed by atoms with Crippen molar-refractivity contribution >= 4 is 17.5 Å². The maximum atomic E-state index is 12.0. The Kier molecular flexibility index (Phi) is 5.32. The number of rotatable bonds is 5. The molecule has 0 bridgehead atoms. The molecule has 1 fully saturated rings. The van der Waals surface area contributed by atoms with Crippen molar-refractivity contribution in [2.24, 2.45) is 11.8 Å².